The van der Waals surface area contributed by atoms with Gasteiger partial charge in [-0.3, -0.25) is 9.79 Å². The molecule has 1 aromatic carbocycles. The first kappa shape index (κ1) is 23.9. The van der Waals surface area contributed by atoms with E-state index < -0.39 is 35.9 Å². The van der Waals surface area contributed by atoms with Crippen LogP contribution in [-0.2, 0) is 10.3 Å². The van der Waals surface area contributed by atoms with Gasteiger partial charge < -0.3 is 20.5 Å². The van der Waals surface area contributed by atoms with E-state index in [1.165, 1.54) is 12.3 Å². The molecule has 12 heteroatoms. The number of anilines is 1. The fourth-order valence-corrected chi connectivity index (χ4v) is 2.75. The Morgan fingerprint density at radius 2 is 2.16 bits per heavy atom. The Morgan fingerprint density at radius 3 is 2.77 bits per heavy atom. The first-order valence-corrected chi connectivity index (χ1v) is 8.55. The van der Waals surface area contributed by atoms with Crippen molar-refractivity contribution in [2.45, 2.75) is 12.0 Å². The zero-order valence-electron chi connectivity index (χ0n) is 15.8. The number of aliphatic imine (C=N–C) groups is 1. The van der Waals surface area contributed by atoms with Crippen molar-refractivity contribution < 1.29 is 27.4 Å². The molecule has 0 saturated carbocycles. The number of amides is 1. The largest absolute Gasteiger partial charge is 0.463 e. The second-order valence-corrected chi connectivity index (χ2v) is 6.20. The summed E-state index contributed by atoms with van der Waals surface area (Å²) in [5.74, 6) is 0.564. The number of terminal acetylenes is 1. The lowest BCUT2D eigenvalue weighted by molar-refractivity contribution is -0.0145. The number of aromatic nitrogens is 2. The lowest BCUT2D eigenvalue weighted by Gasteiger charge is -2.33. The molecule has 1 atom stereocenters. The van der Waals surface area contributed by atoms with Crippen LogP contribution in [0.25, 0.3) is 0 Å². The van der Waals surface area contributed by atoms with E-state index in [2.05, 4.69) is 26.2 Å². The molecule has 1 amide bonds. The van der Waals surface area contributed by atoms with Crippen LogP contribution in [0.3, 0.4) is 0 Å². The summed E-state index contributed by atoms with van der Waals surface area (Å²) in [6.07, 6.45) is 4.31. The number of benzene rings is 1. The fourth-order valence-electron chi connectivity index (χ4n) is 2.75. The molecule has 31 heavy (non-hydrogen) atoms. The Balaban J connectivity index is 0.00000341. The monoisotopic (exact) mass is 455 g/mol. The van der Waals surface area contributed by atoms with Crippen molar-refractivity contribution in [2.75, 3.05) is 25.1 Å². The Kier molecular flexibility index (Phi) is 7.79. The molecular weight excluding hydrogens is 439 g/mol. The van der Waals surface area contributed by atoms with Gasteiger partial charge in [-0.25, -0.2) is 23.1 Å². The van der Waals surface area contributed by atoms with Crippen molar-refractivity contribution >= 4 is 29.8 Å². The van der Waals surface area contributed by atoms with Gasteiger partial charge >= 0.3 is 0 Å². The van der Waals surface area contributed by atoms with E-state index in [-0.39, 0.29) is 48.7 Å². The topological polar surface area (TPSA) is 112 Å². The SMILES string of the molecule is C#CCOc1cnc(C(=O)Nc2ccc(F)c([C@]3(C(F)F)COCC(N)=N3)c2)cn1.Cl. The number of halogens is 4. The third-order valence-corrected chi connectivity index (χ3v) is 4.13. The predicted molar refractivity (Wildman–Crippen MR) is 108 cm³/mol. The summed E-state index contributed by atoms with van der Waals surface area (Å²) in [5, 5.41) is 2.45. The first-order chi connectivity index (χ1) is 14.4. The maximum absolute atomic E-state index is 14.4. The highest BCUT2D eigenvalue weighted by Crippen LogP contribution is 2.38. The third-order valence-electron chi connectivity index (χ3n) is 4.13. The van der Waals surface area contributed by atoms with Gasteiger partial charge in [-0.05, 0) is 18.2 Å². The number of amidine groups is 1. The van der Waals surface area contributed by atoms with Crippen LogP contribution < -0.4 is 15.8 Å². The van der Waals surface area contributed by atoms with E-state index in [1.54, 1.807) is 0 Å². The number of nitrogens with zero attached hydrogens (tertiary/aromatic N) is 3. The van der Waals surface area contributed by atoms with Crippen LogP contribution in [0.5, 0.6) is 5.88 Å². The number of carbonyl (C=O) groups is 1. The molecule has 1 aromatic heterocycles. The Hall–Kier alpha value is -3.36. The average molecular weight is 456 g/mol. The van der Waals surface area contributed by atoms with E-state index in [0.717, 1.165) is 18.3 Å². The van der Waals surface area contributed by atoms with Gasteiger partial charge in [0.25, 0.3) is 12.3 Å². The summed E-state index contributed by atoms with van der Waals surface area (Å²) < 4.78 is 52.3. The summed E-state index contributed by atoms with van der Waals surface area (Å²) in [7, 11) is 0. The minimum absolute atomic E-state index is 0. The van der Waals surface area contributed by atoms with Crippen LogP contribution in [0, 0.1) is 18.2 Å². The van der Waals surface area contributed by atoms with Gasteiger partial charge in [-0.15, -0.1) is 18.8 Å². The van der Waals surface area contributed by atoms with Crippen molar-refractivity contribution in [3.05, 3.63) is 47.7 Å². The second kappa shape index (κ2) is 10.1. The summed E-state index contributed by atoms with van der Waals surface area (Å²) in [6, 6.07) is 3.21. The number of hydrogen-bond acceptors (Lipinski definition) is 7. The summed E-state index contributed by atoms with van der Waals surface area (Å²) >= 11 is 0. The first-order valence-electron chi connectivity index (χ1n) is 8.55. The molecule has 3 N–H and O–H groups in total. The maximum atomic E-state index is 14.4. The van der Waals surface area contributed by atoms with E-state index in [0.29, 0.717) is 0 Å². The van der Waals surface area contributed by atoms with Gasteiger partial charge in [0.2, 0.25) is 5.88 Å². The molecule has 0 unspecified atom stereocenters. The second-order valence-electron chi connectivity index (χ2n) is 6.20. The molecule has 0 saturated heterocycles. The Morgan fingerprint density at radius 1 is 1.39 bits per heavy atom. The molecule has 0 aliphatic carbocycles. The molecule has 3 rings (SSSR count). The van der Waals surface area contributed by atoms with Crippen LogP contribution in [0.2, 0.25) is 0 Å². The number of nitrogens with two attached hydrogens (primary N) is 1. The minimum Gasteiger partial charge on any atom is -0.463 e. The van der Waals surface area contributed by atoms with Crippen LogP contribution in [0.1, 0.15) is 16.1 Å². The van der Waals surface area contributed by atoms with Crippen LogP contribution in [-0.4, -0.2) is 48.0 Å². The maximum Gasteiger partial charge on any atom is 0.275 e. The zero-order valence-corrected chi connectivity index (χ0v) is 16.7. The number of rotatable bonds is 6. The molecule has 8 nitrogen and oxygen atoms in total. The normalized spacial score (nSPS) is 17.8. The average Bonchev–Trinajstić information content (AvgIpc) is 2.73. The summed E-state index contributed by atoms with van der Waals surface area (Å²) in [4.78, 5) is 23.9. The lowest BCUT2D eigenvalue weighted by atomic mass is 9.90. The van der Waals surface area contributed by atoms with Gasteiger partial charge in [0, 0.05) is 11.3 Å². The van der Waals surface area contributed by atoms with Gasteiger partial charge in [-0.1, -0.05) is 5.92 Å². The lowest BCUT2D eigenvalue weighted by Crippen LogP contribution is -2.45. The quantitative estimate of drug-likeness (QED) is 0.645. The molecule has 1 aliphatic rings. The molecule has 0 radical (unpaired) electrons. The van der Waals surface area contributed by atoms with Gasteiger partial charge in [0.05, 0.1) is 19.0 Å². The van der Waals surface area contributed by atoms with Crippen molar-refractivity contribution in [2.24, 2.45) is 10.7 Å². The summed E-state index contributed by atoms with van der Waals surface area (Å²) in [5.41, 5.74) is 2.73. The van der Waals surface area contributed by atoms with Crippen LogP contribution in [0.4, 0.5) is 18.9 Å². The minimum atomic E-state index is -3.10. The van der Waals surface area contributed by atoms with Gasteiger partial charge in [-0.2, -0.15) is 0 Å². The molecule has 1 aliphatic heterocycles. The van der Waals surface area contributed by atoms with Crippen LogP contribution >= 0.6 is 12.4 Å². The molecule has 164 valence electrons. The predicted octanol–water partition coefficient (Wildman–Crippen LogP) is 2.15. The van der Waals surface area contributed by atoms with Gasteiger partial charge in [0.15, 0.2) is 12.1 Å². The highest BCUT2D eigenvalue weighted by atomic mass is 35.5. The summed E-state index contributed by atoms with van der Waals surface area (Å²) in [6.45, 7) is -0.711. The highest BCUT2D eigenvalue weighted by molar-refractivity contribution is 6.02. The third kappa shape index (κ3) is 5.22. The molecular formula is C19H17ClF3N5O3. The van der Waals surface area contributed by atoms with Gasteiger partial charge in [0.1, 0.15) is 24.0 Å². The Bertz CT molecular complexity index is 1010. The van der Waals surface area contributed by atoms with Crippen molar-refractivity contribution in [1.82, 2.24) is 9.97 Å². The standard InChI is InChI=1S/C19H16F3N5O3.ClH/c1-2-5-30-16-8-24-14(7-25-16)17(28)26-11-3-4-13(20)12(6-11)19(18(21)22)10-29-9-15(23)27-19;/h1,3-4,6-8,18H,5,9-10H2,(H2,23,27)(H,26,28);1H/t19-;/m0./s1. The van der Waals surface area contributed by atoms with Crippen molar-refractivity contribution in [1.29, 1.82) is 0 Å². The number of alkyl halides is 2. The number of nitrogens with one attached hydrogen (secondary N) is 1. The Labute approximate surface area is 181 Å². The molecule has 2 aromatic rings. The highest BCUT2D eigenvalue weighted by Gasteiger charge is 2.46. The van der Waals surface area contributed by atoms with E-state index >= 15 is 0 Å². The van der Waals surface area contributed by atoms with Crippen molar-refractivity contribution in [3.8, 4) is 18.2 Å². The fraction of sp³-hybridized carbons (Fsp3) is 0.263. The van der Waals surface area contributed by atoms with E-state index in [4.69, 9.17) is 21.6 Å². The van der Waals surface area contributed by atoms with Crippen molar-refractivity contribution in [3.63, 3.8) is 0 Å². The van der Waals surface area contributed by atoms with Crippen LogP contribution in [0.15, 0.2) is 35.6 Å². The zero-order chi connectivity index (χ0) is 21.7. The number of carbonyl (C=O) groups excluding carboxylic acids is 1. The van der Waals surface area contributed by atoms with E-state index in [1.807, 2.05) is 0 Å². The number of hydrogen-bond donors (Lipinski definition) is 2. The smallest absolute Gasteiger partial charge is 0.275 e. The molecule has 0 fully saturated rings. The molecule has 0 spiro atoms. The number of ether oxygens (including phenoxy) is 2. The molecule has 0 bridgehead atoms. The van der Waals surface area contributed by atoms with E-state index in [9.17, 15) is 18.0 Å². The molecule has 2 heterocycles.